The van der Waals surface area contributed by atoms with E-state index < -0.39 is 5.60 Å². The Bertz CT molecular complexity index is 668. The molecule has 1 fully saturated rings. The lowest BCUT2D eigenvalue weighted by Crippen LogP contribution is -2.42. The molecule has 5 nitrogen and oxygen atoms in total. The van der Waals surface area contributed by atoms with Gasteiger partial charge < -0.3 is 14.4 Å². The Morgan fingerprint density at radius 1 is 1.45 bits per heavy atom. The normalized spacial score (nSPS) is 24.7. The van der Waals surface area contributed by atoms with Crippen LogP contribution in [-0.4, -0.2) is 31.8 Å². The summed E-state index contributed by atoms with van der Waals surface area (Å²) in [5.74, 6) is 2.35. The van der Waals surface area contributed by atoms with Crippen molar-refractivity contribution >= 4 is 11.2 Å². The van der Waals surface area contributed by atoms with E-state index in [0.717, 1.165) is 42.0 Å². The van der Waals surface area contributed by atoms with E-state index in [1.54, 1.807) is 6.20 Å². The predicted octanol–water partition coefficient (Wildman–Crippen LogP) is 3.25. The zero-order valence-corrected chi connectivity index (χ0v) is 13.8. The van der Waals surface area contributed by atoms with Crippen molar-refractivity contribution in [3.63, 3.8) is 0 Å². The Kier molecular flexibility index (Phi) is 3.85. The lowest BCUT2D eigenvalue weighted by atomic mass is 9.77. The number of hydrogen-bond donors (Lipinski definition) is 1. The standard InChI is InChI=1S/C17H25N3O2/c1-11(2)5-6-22-14-7-15-16(18-10-14)20(12(3)19-15)13-8-17(4,21)9-13/h7,10-11,13,21H,5-6,8-9H2,1-4H3/t13-,17-. The number of ether oxygens (including phenoxy) is 1. The molecule has 0 unspecified atom stereocenters. The highest BCUT2D eigenvalue weighted by Gasteiger charge is 2.40. The van der Waals surface area contributed by atoms with Crippen LogP contribution in [0.3, 0.4) is 0 Å². The number of pyridine rings is 1. The molecule has 0 aromatic carbocycles. The summed E-state index contributed by atoms with van der Waals surface area (Å²) >= 11 is 0. The first-order valence-electron chi connectivity index (χ1n) is 8.05. The fourth-order valence-corrected chi connectivity index (χ4v) is 3.14. The first-order valence-corrected chi connectivity index (χ1v) is 8.05. The number of hydrogen-bond acceptors (Lipinski definition) is 4. The molecule has 0 atom stereocenters. The summed E-state index contributed by atoms with van der Waals surface area (Å²) in [5, 5.41) is 9.96. The van der Waals surface area contributed by atoms with Crippen molar-refractivity contribution in [2.45, 2.75) is 58.6 Å². The van der Waals surface area contributed by atoms with E-state index in [9.17, 15) is 5.11 Å². The fraction of sp³-hybridized carbons (Fsp3) is 0.647. The smallest absolute Gasteiger partial charge is 0.160 e. The van der Waals surface area contributed by atoms with Crippen LogP contribution in [0.5, 0.6) is 5.75 Å². The van der Waals surface area contributed by atoms with Crippen LogP contribution in [0, 0.1) is 12.8 Å². The summed E-state index contributed by atoms with van der Waals surface area (Å²) in [6.45, 7) is 8.95. The second-order valence-electron chi connectivity index (χ2n) is 7.13. The Morgan fingerprint density at radius 3 is 2.82 bits per heavy atom. The molecule has 1 aliphatic carbocycles. The topological polar surface area (TPSA) is 60.2 Å². The van der Waals surface area contributed by atoms with Gasteiger partial charge in [-0.05, 0) is 39.0 Å². The molecule has 3 rings (SSSR count). The maximum Gasteiger partial charge on any atom is 0.160 e. The fourth-order valence-electron chi connectivity index (χ4n) is 3.14. The van der Waals surface area contributed by atoms with Crippen LogP contribution in [-0.2, 0) is 0 Å². The first-order chi connectivity index (χ1) is 10.4. The molecule has 0 saturated heterocycles. The average molecular weight is 303 g/mol. The molecule has 2 aromatic rings. The Balaban J connectivity index is 1.80. The van der Waals surface area contributed by atoms with Crippen molar-refractivity contribution in [1.29, 1.82) is 0 Å². The third-order valence-electron chi connectivity index (χ3n) is 4.36. The minimum atomic E-state index is -0.548. The summed E-state index contributed by atoms with van der Waals surface area (Å²) in [6.07, 6.45) is 4.32. The molecule has 1 aliphatic rings. The van der Waals surface area contributed by atoms with Gasteiger partial charge in [0.2, 0.25) is 0 Å². The van der Waals surface area contributed by atoms with E-state index in [4.69, 9.17) is 4.74 Å². The van der Waals surface area contributed by atoms with Crippen LogP contribution >= 0.6 is 0 Å². The zero-order chi connectivity index (χ0) is 15.9. The monoisotopic (exact) mass is 303 g/mol. The predicted molar refractivity (Wildman–Crippen MR) is 86.1 cm³/mol. The number of aromatic nitrogens is 3. The average Bonchev–Trinajstić information content (AvgIpc) is 2.70. The van der Waals surface area contributed by atoms with Crippen molar-refractivity contribution in [2.24, 2.45) is 5.92 Å². The molecule has 120 valence electrons. The number of imidazole rings is 1. The highest BCUT2D eigenvalue weighted by molar-refractivity contribution is 5.73. The van der Waals surface area contributed by atoms with E-state index in [-0.39, 0.29) is 0 Å². The van der Waals surface area contributed by atoms with Crippen LogP contribution < -0.4 is 4.74 Å². The van der Waals surface area contributed by atoms with Gasteiger partial charge in [-0.1, -0.05) is 13.8 Å². The SMILES string of the molecule is Cc1nc2cc(OCCC(C)C)cnc2n1[C@H]1C[C@](C)(O)C1. The molecule has 1 saturated carbocycles. The molecule has 5 heteroatoms. The molecule has 2 heterocycles. The minimum absolute atomic E-state index is 0.292. The molecule has 0 amide bonds. The molecule has 0 radical (unpaired) electrons. The molecule has 0 spiro atoms. The van der Waals surface area contributed by atoms with Gasteiger partial charge in [0.1, 0.15) is 17.1 Å². The van der Waals surface area contributed by atoms with E-state index in [0.29, 0.717) is 18.6 Å². The van der Waals surface area contributed by atoms with Gasteiger partial charge in [0.05, 0.1) is 18.4 Å². The van der Waals surface area contributed by atoms with E-state index in [1.165, 1.54) is 0 Å². The molecule has 0 bridgehead atoms. The van der Waals surface area contributed by atoms with Crippen LogP contribution in [0.15, 0.2) is 12.3 Å². The largest absolute Gasteiger partial charge is 0.492 e. The number of nitrogens with zero attached hydrogens (tertiary/aromatic N) is 3. The summed E-state index contributed by atoms with van der Waals surface area (Å²) < 4.78 is 7.90. The molecule has 22 heavy (non-hydrogen) atoms. The molecule has 1 N–H and O–H groups in total. The van der Waals surface area contributed by atoms with Gasteiger partial charge in [0.15, 0.2) is 5.65 Å². The number of fused-ring (bicyclic) bond motifs is 1. The second-order valence-corrected chi connectivity index (χ2v) is 7.13. The van der Waals surface area contributed by atoms with Gasteiger partial charge in [-0.15, -0.1) is 0 Å². The van der Waals surface area contributed by atoms with E-state index in [2.05, 4.69) is 28.4 Å². The van der Waals surface area contributed by atoms with Crippen molar-refractivity contribution in [2.75, 3.05) is 6.61 Å². The summed E-state index contributed by atoms with van der Waals surface area (Å²) in [4.78, 5) is 9.15. The Morgan fingerprint density at radius 2 is 2.18 bits per heavy atom. The summed E-state index contributed by atoms with van der Waals surface area (Å²) in [6, 6.07) is 2.25. The second kappa shape index (κ2) is 5.54. The number of rotatable bonds is 5. The lowest BCUT2D eigenvalue weighted by Gasteiger charge is -2.42. The maximum absolute atomic E-state index is 9.96. The summed E-state index contributed by atoms with van der Waals surface area (Å²) in [5.41, 5.74) is 1.20. The van der Waals surface area contributed by atoms with Gasteiger partial charge in [-0.2, -0.15) is 0 Å². The molecular formula is C17H25N3O2. The number of aliphatic hydroxyl groups is 1. The molecular weight excluding hydrogens is 278 g/mol. The van der Waals surface area contributed by atoms with Crippen molar-refractivity contribution in [3.05, 3.63) is 18.1 Å². The van der Waals surface area contributed by atoms with Gasteiger partial charge >= 0.3 is 0 Å². The van der Waals surface area contributed by atoms with E-state index >= 15 is 0 Å². The van der Waals surface area contributed by atoms with Crippen LogP contribution in [0.2, 0.25) is 0 Å². The van der Waals surface area contributed by atoms with Crippen LogP contribution in [0.4, 0.5) is 0 Å². The lowest BCUT2D eigenvalue weighted by molar-refractivity contribution is -0.0504. The number of aryl methyl sites for hydroxylation is 1. The quantitative estimate of drug-likeness (QED) is 0.921. The third-order valence-corrected chi connectivity index (χ3v) is 4.36. The Hall–Kier alpha value is -1.62. The van der Waals surface area contributed by atoms with Gasteiger partial charge in [0, 0.05) is 12.1 Å². The van der Waals surface area contributed by atoms with Crippen molar-refractivity contribution in [1.82, 2.24) is 14.5 Å². The van der Waals surface area contributed by atoms with Gasteiger partial charge in [-0.3, -0.25) is 0 Å². The molecule has 0 aliphatic heterocycles. The summed E-state index contributed by atoms with van der Waals surface area (Å²) in [7, 11) is 0. The zero-order valence-electron chi connectivity index (χ0n) is 13.8. The highest BCUT2D eigenvalue weighted by Crippen LogP contribution is 2.42. The van der Waals surface area contributed by atoms with Gasteiger partial charge in [0.25, 0.3) is 0 Å². The third kappa shape index (κ3) is 2.95. The molecule has 2 aromatic heterocycles. The first kappa shape index (κ1) is 15.3. The van der Waals surface area contributed by atoms with Crippen LogP contribution in [0.1, 0.15) is 51.9 Å². The Labute approximate surface area is 131 Å². The highest BCUT2D eigenvalue weighted by atomic mass is 16.5. The van der Waals surface area contributed by atoms with Crippen molar-refractivity contribution in [3.8, 4) is 5.75 Å². The minimum Gasteiger partial charge on any atom is -0.492 e. The van der Waals surface area contributed by atoms with Crippen molar-refractivity contribution < 1.29 is 9.84 Å². The van der Waals surface area contributed by atoms with Gasteiger partial charge in [-0.25, -0.2) is 9.97 Å². The van der Waals surface area contributed by atoms with Crippen LogP contribution in [0.25, 0.3) is 11.2 Å². The van der Waals surface area contributed by atoms with E-state index in [1.807, 2.05) is 19.9 Å². The maximum atomic E-state index is 9.96.